The summed E-state index contributed by atoms with van der Waals surface area (Å²) in [5.41, 5.74) is 8.94. The van der Waals surface area contributed by atoms with E-state index in [-0.39, 0.29) is 11.3 Å². The van der Waals surface area contributed by atoms with Crippen LogP contribution in [0.4, 0.5) is 11.4 Å². The monoisotopic (exact) mass is 335 g/mol. The Labute approximate surface area is 139 Å². The SMILES string of the molecule is COCCOc1cc(N)c2c(c1)CC(C1=NCC(CC=O)S1)N2. The lowest BCUT2D eigenvalue weighted by atomic mass is 10.1. The van der Waals surface area contributed by atoms with Gasteiger partial charge in [-0.2, -0.15) is 0 Å². The summed E-state index contributed by atoms with van der Waals surface area (Å²) in [5, 5.41) is 4.80. The molecule has 0 aliphatic carbocycles. The first-order valence-corrected chi connectivity index (χ1v) is 8.54. The van der Waals surface area contributed by atoms with E-state index in [4.69, 9.17) is 15.2 Å². The average molecular weight is 335 g/mol. The lowest BCUT2D eigenvalue weighted by molar-refractivity contribution is -0.107. The minimum atomic E-state index is 0.142. The molecule has 0 bridgehead atoms. The van der Waals surface area contributed by atoms with E-state index in [1.54, 1.807) is 18.9 Å². The van der Waals surface area contributed by atoms with E-state index >= 15 is 0 Å². The van der Waals surface area contributed by atoms with Crippen LogP contribution in [0.15, 0.2) is 17.1 Å². The summed E-state index contributed by atoms with van der Waals surface area (Å²) in [7, 11) is 1.65. The van der Waals surface area contributed by atoms with Crippen LogP contribution in [0.3, 0.4) is 0 Å². The van der Waals surface area contributed by atoms with Crippen molar-refractivity contribution in [3.63, 3.8) is 0 Å². The highest BCUT2D eigenvalue weighted by atomic mass is 32.2. The number of methoxy groups -OCH3 is 1. The van der Waals surface area contributed by atoms with Gasteiger partial charge in [-0.1, -0.05) is 0 Å². The number of fused-ring (bicyclic) bond motifs is 1. The molecule has 1 aromatic rings. The largest absolute Gasteiger partial charge is 0.491 e. The van der Waals surface area contributed by atoms with Gasteiger partial charge in [0.1, 0.15) is 18.6 Å². The molecule has 0 aromatic heterocycles. The molecule has 0 spiro atoms. The van der Waals surface area contributed by atoms with Crippen molar-refractivity contribution in [1.82, 2.24) is 0 Å². The van der Waals surface area contributed by atoms with Crippen molar-refractivity contribution in [2.24, 2.45) is 4.99 Å². The maximum Gasteiger partial charge on any atom is 0.121 e. The minimum Gasteiger partial charge on any atom is -0.491 e. The third-order valence-corrected chi connectivity index (χ3v) is 5.25. The van der Waals surface area contributed by atoms with Gasteiger partial charge in [-0.25, -0.2) is 0 Å². The van der Waals surface area contributed by atoms with Crippen LogP contribution in [0, 0.1) is 0 Å². The van der Waals surface area contributed by atoms with E-state index in [2.05, 4.69) is 10.3 Å². The lowest BCUT2D eigenvalue weighted by Gasteiger charge is -2.12. The van der Waals surface area contributed by atoms with Crippen LogP contribution in [-0.2, 0) is 16.0 Å². The number of nitrogens with two attached hydrogens (primary N) is 1. The van der Waals surface area contributed by atoms with Crippen molar-refractivity contribution in [3.05, 3.63) is 17.7 Å². The van der Waals surface area contributed by atoms with E-state index < -0.39 is 0 Å². The van der Waals surface area contributed by atoms with Crippen LogP contribution in [0.25, 0.3) is 0 Å². The van der Waals surface area contributed by atoms with E-state index in [1.807, 2.05) is 12.1 Å². The normalized spacial score (nSPS) is 22.4. The fourth-order valence-corrected chi connectivity index (χ4v) is 3.93. The van der Waals surface area contributed by atoms with E-state index in [1.165, 1.54) is 0 Å². The zero-order chi connectivity index (χ0) is 16.2. The molecule has 0 radical (unpaired) electrons. The lowest BCUT2D eigenvalue weighted by Crippen LogP contribution is -2.24. The van der Waals surface area contributed by atoms with Gasteiger partial charge in [-0.3, -0.25) is 4.99 Å². The number of anilines is 2. The topological polar surface area (TPSA) is 85.9 Å². The Kier molecular flexibility index (Phi) is 5.07. The number of ether oxygens (including phenoxy) is 2. The molecule has 0 fully saturated rings. The van der Waals surface area contributed by atoms with Gasteiger partial charge in [-0.15, -0.1) is 11.8 Å². The number of carbonyl (C=O) groups excluding carboxylic acids is 1. The van der Waals surface area contributed by atoms with Gasteiger partial charge >= 0.3 is 0 Å². The molecule has 2 atom stereocenters. The van der Waals surface area contributed by atoms with Crippen LogP contribution >= 0.6 is 11.8 Å². The first kappa shape index (κ1) is 16.1. The number of hydrogen-bond acceptors (Lipinski definition) is 7. The van der Waals surface area contributed by atoms with Gasteiger partial charge in [0.2, 0.25) is 0 Å². The fraction of sp³-hybridized carbons (Fsp3) is 0.500. The number of carbonyl (C=O) groups is 1. The number of nitrogen functional groups attached to an aromatic ring is 1. The zero-order valence-electron chi connectivity index (χ0n) is 13.1. The van der Waals surface area contributed by atoms with E-state index in [9.17, 15) is 4.79 Å². The first-order valence-electron chi connectivity index (χ1n) is 7.66. The fourth-order valence-electron chi connectivity index (χ4n) is 2.81. The molecule has 3 rings (SSSR count). The second-order valence-corrected chi connectivity index (χ2v) is 6.93. The molecule has 7 heteroatoms. The van der Waals surface area contributed by atoms with Crippen molar-refractivity contribution in [1.29, 1.82) is 0 Å². The predicted octanol–water partition coefficient (Wildman–Crippen LogP) is 1.73. The summed E-state index contributed by atoms with van der Waals surface area (Å²) in [5.74, 6) is 0.764. The molecule has 23 heavy (non-hydrogen) atoms. The summed E-state index contributed by atoms with van der Waals surface area (Å²) in [4.78, 5) is 15.2. The number of rotatable bonds is 7. The highest BCUT2D eigenvalue weighted by Crippen LogP contribution is 2.38. The Morgan fingerprint density at radius 2 is 2.35 bits per heavy atom. The van der Waals surface area contributed by atoms with Gasteiger partial charge in [0.25, 0.3) is 0 Å². The number of nitrogens with one attached hydrogen (secondary N) is 1. The molecule has 3 N–H and O–H groups in total. The summed E-state index contributed by atoms with van der Waals surface area (Å²) >= 11 is 1.70. The number of aliphatic imine (C=N–C) groups is 1. The molecular weight excluding hydrogens is 314 g/mol. The third-order valence-electron chi connectivity index (χ3n) is 3.92. The van der Waals surface area contributed by atoms with E-state index in [0.717, 1.165) is 34.8 Å². The molecule has 2 aliphatic heterocycles. The number of aldehydes is 1. The molecule has 0 amide bonds. The molecule has 124 valence electrons. The molecular formula is C16H21N3O3S. The maximum absolute atomic E-state index is 10.6. The predicted molar refractivity (Wildman–Crippen MR) is 93.7 cm³/mol. The molecule has 1 aromatic carbocycles. The molecule has 0 saturated heterocycles. The van der Waals surface area contributed by atoms with Crippen LogP contribution < -0.4 is 15.8 Å². The Hall–Kier alpha value is -1.73. The summed E-state index contributed by atoms with van der Waals surface area (Å²) in [6, 6.07) is 4.00. The van der Waals surface area contributed by atoms with Crippen molar-refractivity contribution in [2.45, 2.75) is 24.1 Å². The molecule has 6 nitrogen and oxygen atoms in total. The van der Waals surface area contributed by atoms with Crippen molar-refractivity contribution >= 4 is 34.5 Å². The van der Waals surface area contributed by atoms with Crippen molar-refractivity contribution in [2.75, 3.05) is 37.9 Å². The van der Waals surface area contributed by atoms with Gasteiger partial charge in [-0.05, 0) is 11.6 Å². The second-order valence-electron chi connectivity index (χ2n) is 5.61. The Bertz CT molecular complexity index is 621. The smallest absolute Gasteiger partial charge is 0.121 e. The first-order chi connectivity index (χ1) is 11.2. The Morgan fingerprint density at radius 3 is 3.13 bits per heavy atom. The van der Waals surface area contributed by atoms with Crippen LogP contribution in [-0.4, -0.2) is 49.5 Å². The standard InChI is InChI=1S/C16H21N3O3S/c1-21-4-5-22-11-6-10-7-14(19-15(10)13(17)8-11)16-18-9-12(23-16)2-3-20/h3,6,8,12,14,19H,2,4-5,7,9,17H2,1H3. The quantitative estimate of drug-likeness (QED) is 0.448. The van der Waals surface area contributed by atoms with Gasteiger partial charge in [0, 0.05) is 31.3 Å². The van der Waals surface area contributed by atoms with Gasteiger partial charge in [0.15, 0.2) is 0 Å². The highest BCUT2D eigenvalue weighted by molar-refractivity contribution is 8.14. The number of hydrogen-bond donors (Lipinski definition) is 2. The van der Waals surface area contributed by atoms with Crippen LogP contribution in [0.5, 0.6) is 5.75 Å². The van der Waals surface area contributed by atoms with Crippen molar-refractivity contribution < 1.29 is 14.3 Å². The van der Waals surface area contributed by atoms with Crippen LogP contribution in [0.2, 0.25) is 0 Å². The summed E-state index contributed by atoms with van der Waals surface area (Å²) in [6.07, 6.45) is 2.35. The average Bonchev–Trinajstić information content (AvgIpc) is 3.14. The molecule has 2 aliphatic rings. The third kappa shape index (κ3) is 3.61. The second kappa shape index (κ2) is 7.23. The molecule has 0 saturated carbocycles. The highest BCUT2D eigenvalue weighted by Gasteiger charge is 2.31. The van der Waals surface area contributed by atoms with E-state index in [0.29, 0.717) is 31.9 Å². The van der Waals surface area contributed by atoms with Crippen molar-refractivity contribution in [3.8, 4) is 5.75 Å². The Balaban J connectivity index is 1.66. The summed E-state index contributed by atoms with van der Waals surface area (Å²) < 4.78 is 10.6. The zero-order valence-corrected chi connectivity index (χ0v) is 13.9. The number of benzene rings is 1. The number of thioether (sulfide) groups is 1. The van der Waals surface area contributed by atoms with Gasteiger partial charge in [0.05, 0.1) is 35.6 Å². The van der Waals surface area contributed by atoms with Gasteiger partial charge < -0.3 is 25.3 Å². The molecule has 2 heterocycles. The number of nitrogens with zero attached hydrogens (tertiary/aromatic N) is 1. The van der Waals surface area contributed by atoms with Crippen LogP contribution in [0.1, 0.15) is 12.0 Å². The summed E-state index contributed by atoms with van der Waals surface area (Å²) in [6.45, 7) is 1.76. The Morgan fingerprint density at radius 1 is 1.48 bits per heavy atom. The maximum atomic E-state index is 10.6. The minimum absolute atomic E-state index is 0.142. The molecule has 2 unspecified atom stereocenters.